The molecule has 1 N–H and O–H groups in total. The van der Waals surface area contributed by atoms with Gasteiger partial charge < -0.3 is 14.8 Å². The second kappa shape index (κ2) is 4.81. The van der Waals surface area contributed by atoms with Gasteiger partial charge in [0.25, 0.3) is 0 Å². The maximum atomic E-state index is 5.96. The highest BCUT2D eigenvalue weighted by Crippen LogP contribution is 2.42. The van der Waals surface area contributed by atoms with E-state index in [1.807, 2.05) is 7.05 Å². The van der Waals surface area contributed by atoms with Crippen LogP contribution in [-0.2, 0) is 19.4 Å². The lowest BCUT2D eigenvalue weighted by atomic mass is 9.89. The van der Waals surface area contributed by atoms with Crippen molar-refractivity contribution in [1.29, 1.82) is 0 Å². The van der Waals surface area contributed by atoms with Crippen LogP contribution in [0, 0.1) is 6.92 Å². The van der Waals surface area contributed by atoms with Crippen LogP contribution in [0.2, 0.25) is 0 Å². The Hall–Kier alpha value is -1.22. The lowest BCUT2D eigenvalue weighted by molar-refractivity contribution is 0.266. The van der Waals surface area contributed by atoms with E-state index in [1.54, 1.807) is 0 Å². The quantitative estimate of drug-likeness (QED) is 0.870. The van der Waals surface area contributed by atoms with Gasteiger partial charge in [0.1, 0.15) is 11.5 Å². The van der Waals surface area contributed by atoms with E-state index < -0.39 is 0 Å². The first-order valence-electron chi connectivity index (χ1n) is 6.90. The minimum Gasteiger partial charge on any atom is -0.493 e. The van der Waals surface area contributed by atoms with Crippen molar-refractivity contribution in [2.24, 2.45) is 0 Å². The largest absolute Gasteiger partial charge is 0.493 e. The maximum Gasteiger partial charge on any atom is 0.127 e. The Bertz CT molecular complexity index is 431. The van der Waals surface area contributed by atoms with Gasteiger partial charge in [0.05, 0.1) is 13.2 Å². The average molecular weight is 247 g/mol. The summed E-state index contributed by atoms with van der Waals surface area (Å²) in [7, 11) is 1.99. The van der Waals surface area contributed by atoms with Gasteiger partial charge in [0.15, 0.2) is 0 Å². The highest BCUT2D eigenvalue weighted by molar-refractivity contribution is 5.60. The molecule has 2 heterocycles. The molecule has 0 amide bonds. The van der Waals surface area contributed by atoms with E-state index in [9.17, 15) is 0 Å². The number of rotatable bonds is 2. The Kier molecular flexibility index (Phi) is 3.16. The summed E-state index contributed by atoms with van der Waals surface area (Å²) in [5, 5.41) is 3.27. The Morgan fingerprint density at radius 3 is 2.39 bits per heavy atom. The number of fused-ring (bicyclic) bond motifs is 2. The fourth-order valence-electron chi connectivity index (χ4n) is 3.14. The molecule has 0 saturated heterocycles. The van der Waals surface area contributed by atoms with Crippen molar-refractivity contribution in [3.05, 3.63) is 22.3 Å². The van der Waals surface area contributed by atoms with Gasteiger partial charge in [-0.3, -0.25) is 0 Å². The molecule has 3 nitrogen and oxygen atoms in total. The highest BCUT2D eigenvalue weighted by atomic mass is 16.5. The maximum absolute atomic E-state index is 5.96. The summed E-state index contributed by atoms with van der Waals surface area (Å²) in [6, 6.07) is 0. The molecule has 1 aromatic carbocycles. The standard InChI is InChI=1S/C15H21NO2/c1-10-11-5-3-8-18-15(11)13(9-16-2)12-6-4-7-17-14(10)12/h16H,3-9H2,1-2H3. The zero-order valence-corrected chi connectivity index (χ0v) is 11.3. The molecule has 0 spiro atoms. The third-order valence-electron chi connectivity index (χ3n) is 3.97. The number of hydrogen-bond acceptors (Lipinski definition) is 3. The van der Waals surface area contributed by atoms with Crippen molar-refractivity contribution in [3.8, 4) is 11.5 Å². The van der Waals surface area contributed by atoms with E-state index in [0.29, 0.717) is 0 Å². The van der Waals surface area contributed by atoms with Crippen LogP contribution >= 0.6 is 0 Å². The first kappa shape index (κ1) is 11.8. The fraction of sp³-hybridized carbons (Fsp3) is 0.600. The van der Waals surface area contributed by atoms with E-state index in [1.165, 1.54) is 22.3 Å². The van der Waals surface area contributed by atoms with Gasteiger partial charge in [0.2, 0.25) is 0 Å². The van der Waals surface area contributed by atoms with Crippen LogP contribution in [0.5, 0.6) is 11.5 Å². The molecular formula is C15H21NO2. The SMILES string of the molecule is CNCc1c2c(c(C)c3c1OCCC3)OCCC2. The molecule has 18 heavy (non-hydrogen) atoms. The van der Waals surface area contributed by atoms with Gasteiger partial charge in [-0.2, -0.15) is 0 Å². The molecule has 0 aliphatic carbocycles. The van der Waals surface area contributed by atoms with Gasteiger partial charge in [-0.05, 0) is 45.2 Å². The van der Waals surface area contributed by atoms with Crippen molar-refractivity contribution >= 4 is 0 Å². The second-order valence-corrected chi connectivity index (χ2v) is 5.15. The molecule has 0 saturated carbocycles. The van der Waals surface area contributed by atoms with E-state index in [0.717, 1.165) is 56.9 Å². The topological polar surface area (TPSA) is 30.5 Å². The summed E-state index contributed by atoms with van der Waals surface area (Å²) in [5.74, 6) is 2.27. The molecule has 0 atom stereocenters. The number of benzene rings is 1. The lowest BCUT2D eigenvalue weighted by Crippen LogP contribution is -2.21. The van der Waals surface area contributed by atoms with Gasteiger partial charge in [-0.25, -0.2) is 0 Å². The zero-order valence-electron chi connectivity index (χ0n) is 11.3. The number of hydrogen-bond donors (Lipinski definition) is 1. The molecule has 1 aromatic rings. The molecule has 2 aliphatic rings. The summed E-state index contributed by atoms with van der Waals surface area (Å²) in [6.45, 7) is 4.75. The van der Waals surface area contributed by atoms with Crippen molar-refractivity contribution in [1.82, 2.24) is 5.32 Å². The van der Waals surface area contributed by atoms with Crippen LogP contribution in [0.3, 0.4) is 0 Å². The first-order chi connectivity index (χ1) is 8.83. The summed E-state index contributed by atoms with van der Waals surface area (Å²) in [5.41, 5.74) is 5.37. The van der Waals surface area contributed by atoms with Crippen molar-refractivity contribution in [2.75, 3.05) is 20.3 Å². The second-order valence-electron chi connectivity index (χ2n) is 5.15. The molecular weight excluding hydrogens is 226 g/mol. The summed E-state index contributed by atoms with van der Waals surface area (Å²) in [6.07, 6.45) is 4.46. The predicted molar refractivity (Wildman–Crippen MR) is 71.6 cm³/mol. The van der Waals surface area contributed by atoms with Crippen LogP contribution in [0.1, 0.15) is 35.1 Å². The normalized spacial score (nSPS) is 17.4. The minimum absolute atomic E-state index is 0.850. The van der Waals surface area contributed by atoms with E-state index in [4.69, 9.17) is 9.47 Å². The molecule has 0 radical (unpaired) electrons. The highest BCUT2D eigenvalue weighted by Gasteiger charge is 2.26. The van der Waals surface area contributed by atoms with Crippen LogP contribution in [0.4, 0.5) is 0 Å². The van der Waals surface area contributed by atoms with Crippen LogP contribution < -0.4 is 14.8 Å². The Balaban J connectivity index is 2.20. The van der Waals surface area contributed by atoms with Crippen LogP contribution in [0.25, 0.3) is 0 Å². The zero-order chi connectivity index (χ0) is 12.5. The van der Waals surface area contributed by atoms with Crippen LogP contribution in [-0.4, -0.2) is 20.3 Å². The Morgan fingerprint density at radius 1 is 1.00 bits per heavy atom. The van der Waals surface area contributed by atoms with E-state index in [-0.39, 0.29) is 0 Å². The first-order valence-corrected chi connectivity index (χ1v) is 6.90. The Labute approximate surface area is 108 Å². The monoisotopic (exact) mass is 247 g/mol. The molecule has 2 aliphatic heterocycles. The van der Waals surface area contributed by atoms with Crippen molar-refractivity contribution in [2.45, 2.75) is 39.2 Å². The van der Waals surface area contributed by atoms with E-state index in [2.05, 4.69) is 12.2 Å². The predicted octanol–water partition coefficient (Wildman–Crippen LogP) is 2.36. The van der Waals surface area contributed by atoms with Gasteiger partial charge in [-0.1, -0.05) is 0 Å². The average Bonchev–Trinajstić information content (AvgIpc) is 2.43. The molecule has 0 aromatic heterocycles. The third kappa shape index (κ3) is 1.77. The lowest BCUT2D eigenvalue weighted by Gasteiger charge is -2.29. The molecule has 0 bridgehead atoms. The molecule has 3 heteroatoms. The van der Waals surface area contributed by atoms with Crippen LogP contribution in [0.15, 0.2) is 0 Å². The molecule has 3 rings (SSSR count). The van der Waals surface area contributed by atoms with Gasteiger partial charge in [-0.15, -0.1) is 0 Å². The summed E-state index contributed by atoms with van der Waals surface area (Å²) < 4.78 is 11.9. The summed E-state index contributed by atoms with van der Waals surface area (Å²) in [4.78, 5) is 0. The van der Waals surface area contributed by atoms with Crippen molar-refractivity contribution < 1.29 is 9.47 Å². The smallest absolute Gasteiger partial charge is 0.127 e. The molecule has 98 valence electrons. The molecule has 0 fully saturated rings. The van der Waals surface area contributed by atoms with Gasteiger partial charge in [0, 0.05) is 23.2 Å². The third-order valence-corrected chi connectivity index (χ3v) is 3.97. The fourth-order valence-corrected chi connectivity index (χ4v) is 3.14. The summed E-state index contributed by atoms with van der Waals surface area (Å²) >= 11 is 0. The number of nitrogens with one attached hydrogen (secondary N) is 1. The number of ether oxygens (including phenoxy) is 2. The Morgan fingerprint density at radius 2 is 1.67 bits per heavy atom. The molecule has 0 unspecified atom stereocenters. The minimum atomic E-state index is 0.850. The van der Waals surface area contributed by atoms with Crippen molar-refractivity contribution in [3.63, 3.8) is 0 Å². The van der Waals surface area contributed by atoms with E-state index >= 15 is 0 Å². The van der Waals surface area contributed by atoms with Gasteiger partial charge >= 0.3 is 0 Å².